The van der Waals surface area contributed by atoms with E-state index in [0.717, 1.165) is 42.9 Å². The van der Waals surface area contributed by atoms with Crippen LogP contribution < -0.4 is 5.32 Å². The maximum Gasteiger partial charge on any atom is 0.210 e. The summed E-state index contributed by atoms with van der Waals surface area (Å²) in [4.78, 5) is 17.4. The molecule has 1 fully saturated rings. The van der Waals surface area contributed by atoms with Crippen LogP contribution in [-0.2, 0) is 4.79 Å². The molecule has 1 amide bonds. The van der Waals surface area contributed by atoms with Crippen molar-refractivity contribution in [3.8, 4) is 0 Å². The van der Waals surface area contributed by atoms with Gasteiger partial charge in [0.15, 0.2) is 0 Å². The standard InChI is InChI=1S/C16H17N3O/c20-12-19-11-5-9-15(19)14-8-4-10-17-16(14)18-13-6-2-1-3-7-13/h1-4,6-8,10,12,15H,5,9,11H2,(H,17,18). The number of pyridine rings is 1. The third kappa shape index (κ3) is 2.50. The molecular weight excluding hydrogens is 250 g/mol. The first kappa shape index (κ1) is 12.7. The number of carbonyl (C=O) groups is 1. The van der Waals surface area contributed by atoms with Crippen molar-refractivity contribution in [2.24, 2.45) is 0 Å². The lowest BCUT2D eigenvalue weighted by atomic mass is 10.1. The van der Waals surface area contributed by atoms with Crippen LogP contribution in [0.25, 0.3) is 0 Å². The number of rotatable bonds is 4. The van der Waals surface area contributed by atoms with E-state index in [1.165, 1.54) is 0 Å². The molecule has 4 heteroatoms. The topological polar surface area (TPSA) is 45.2 Å². The van der Waals surface area contributed by atoms with Crippen molar-refractivity contribution in [2.75, 3.05) is 11.9 Å². The Hall–Kier alpha value is -2.36. The minimum Gasteiger partial charge on any atom is -0.340 e. The van der Waals surface area contributed by atoms with E-state index in [9.17, 15) is 4.79 Å². The fraction of sp³-hybridized carbons (Fsp3) is 0.250. The van der Waals surface area contributed by atoms with Crippen molar-refractivity contribution in [1.29, 1.82) is 0 Å². The van der Waals surface area contributed by atoms with E-state index in [1.54, 1.807) is 6.20 Å². The maximum atomic E-state index is 11.1. The van der Waals surface area contributed by atoms with Gasteiger partial charge in [-0.3, -0.25) is 4.79 Å². The van der Waals surface area contributed by atoms with Gasteiger partial charge in [0.1, 0.15) is 5.82 Å². The summed E-state index contributed by atoms with van der Waals surface area (Å²) in [5.41, 5.74) is 2.09. The maximum absolute atomic E-state index is 11.1. The molecule has 1 aliphatic heterocycles. The van der Waals surface area contributed by atoms with Crippen molar-refractivity contribution < 1.29 is 4.79 Å². The zero-order chi connectivity index (χ0) is 13.8. The molecular formula is C16H17N3O. The summed E-state index contributed by atoms with van der Waals surface area (Å²) in [5, 5.41) is 3.34. The van der Waals surface area contributed by atoms with Gasteiger partial charge in [-0.05, 0) is 31.0 Å². The lowest BCUT2D eigenvalue weighted by molar-refractivity contribution is -0.118. The smallest absolute Gasteiger partial charge is 0.210 e. The van der Waals surface area contributed by atoms with Crippen LogP contribution in [0.4, 0.5) is 11.5 Å². The van der Waals surface area contributed by atoms with Gasteiger partial charge in [0, 0.05) is 24.0 Å². The Labute approximate surface area is 118 Å². The highest BCUT2D eigenvalue weighted by molar-refractivity contribution is 5.61. The highest BCUT2D eigenvalue weighted by Gasteiger charge is 2.26. The van der Waals surface area contributed by atoms with E-state index in [0.29, 0.717) is 0 Å². The van der Waals surface area contributed by atoms with Gasteiger partial charge in [0.2, 0.25) is 6.41 Å². The minimum absolute atomic E-state index is 0.132. The summed E-state index contributed by atoms with van der Waals surface area (Å²) < 4.78 is 0. The zero-order valence-corrected chi connectivity index (χ0v) is 11.2. The van der Waals surface area contributed by atoms with Crippen molar-refractivity contribution >= 4 is 17.9 Å². The molecule has 1 unspecified atom stereocenters. The van der Waals surface area contributed by atoms with Crippen LogP contribution >= 0.6 is 0 Å². The molecule has 1 aromatic heterocycles. The van der Waals surface area contributed by atoms with E-state index in [-0.39, 0.29) is 6.04 Å². The molecule has 1 N–H and O–H groups in total. The number of para-hydroxylation sites is 1. The van der Waals surface area contributed by atoms with Crippen LogP contribution in [0.5, 0.6) is 0 Å². The summed E-state index contributed by atoms with van der Waals surface area (Å²) in [5.74, 6) is 0.831. The monoisotopic (exact) mass is 267 g/mol. The molecule has 1 aromatic carbocycles. The van der Waals surface area contributed by atoms with Gasteiger partial charge >= 0.3 is 0 Å². The van der Waals surface area contributed by atoms with Crippen molar-refractivity contribution in [3.05, 3.63) is 54.2 Å². The molecule has 0 aliphatic carbocycles. The number of nitrogens with zero attached hydrogens (tertiary/aromatic N) is 2. The number of carbonyl (C=O) groups excluding carboxylic acids is 1. The van der Waals surface area contributed by atoms with Gasteiger partial charge < -0.3 is 10.2 Å². The van der Waals surface area contributed by atoms with E-state index in [1.807, 2.05) is 47.4 Å². The Morgan fingerprint density at radius 3 is 2.85 bits per heavy atom. The molecule has 0 spiro atoms. The lowest BCUT2D eigenvalue weighted by Crippen LogP contribution is -2.22. The van der Waals surface area contributed by atoms with Crippen LogP contribution in [0.15, 0.2) is 48.7 Å². The summed E-state index contributed by atoms with van der Waals surface area (Å²) in [6.45, 7) is 0.827. The highest BCUT2D eigenvalue weighted by Crippen LogP contribution is 2.34. The number of aromatic nitrogens is 1. The minimum atomic E-state index is 0.132. The Morgan fingerprint density at radius 2 is 2.05 bits per heavy atom. The lowest BCUT2D eigenvalue weighted by Gasteiger charge is -2.22. The molecule has 3 rings (SSSR count). The van der Waals surface area contributed by atoms with Gasteiger partial charge in [-0.15, -0.1) is 0 Å². The third-order valence-electron chi connectivity index (χ3n) is 3.66. The number of benzene rings is 1. The first-order valence-electron chi connectivity index (χ1n) is 6.86. The van der Waals surface area contributed by atoms with Crippen LogP contribution in [0, 0.1) is 0 Å². The normalized spacial score (nSPS) is 18.0. The van der Waals surface area contributed by atoms with Crippen LogP contribution in [-0.4, -0.2) is 22.8 Å². The van der Waals surface area contributed by atoms with E-state index in [4.69, 9.17) is 0 Å². The quantitative estimate of drug-likeness (QED) is 0.866. The van der Waals surface area contributed by atoms with Gasteiger partial charge in [0.25, 0.3) is 0 Å². The van der Waals surface area contributed by atoms with Gasteiger partial charge in [-0.2, -0.15) is 0 Å². The summed E-state index contributed by atoms with van der Waals surface area (Å²) in [6, 6.07) is 14.1. The van der Waals surface area contributed by atoms with Crippen molar-refractivity contribution in [3.63, 3.8) is 0 Å². The van der Waals surface area contributed by atoms with Crippen molar-refractivity contribution in [1.82, 2.24) is 9.88 Å². The number of hydrogen-bond acceptors (Lipinski definition) is 3. The molecule has 20 heavy (non-hydrogen) atoms. The molecule has 1 saturated heterocycles. The van der Waals surface area contributed by atoms with E-state index < -0.39 is 0 Å². The van der Waals surface area contributed by atoms with Gasteiger partial charge in [0.05, 0.1) is 6.04 Å². The Bertz CT molecular complexity index is 585. The summed E-state index contributed by atoms with van der Waals surface area (Å²) in [6.07, 6.45) is 4.75. The molecule has 1 aliphatic rings. The predicted molar refractivity (Wildman–Crippen MR) is 78.7 cm³/mol. The number of nitrogens with one attached hydrogen (secondary N) is 1. The molecule has 102 valence electrons. The number of hydrogen-bond donors (Lipinski definition) is 1. The third-order valence-corrected chi connectivity index (χ3v) is 3.66. The van der Waals surface area contributed by atoms with Crippen LogP contribution in [0.3, 0.4) is 0 Å². The molecule has 1 atom stereocenters. The summed E-state index contributed by atoms with van der Waals surface area (Å²) >= 11 is 0. The number of anilines is 2. The number of amides is 1. The zero-order valence-electron chi connectivity index (χ0n) is 11.2. The molecule has 0 radical (unpaired) electrons. The van der Waals surface area contributed by atoms with Crippen LogP contribution in [0.2, 0.25) is 0 Å². The second kappa shape index (κ2) is 5.74. The molecule has 4 nitrogen and oxygen atoms in total. The van der Waals surface area contributed by atoms with Gasteiger partial charge in [-0.25, -0.2) is 4.98 Å². The molecule has 2 aromatic rings. The largest absolute Gasteiger partial charge is 0.340 e. The number of likely N-dealkylation sites (tertiary alicyclic amines) is 1. The second-order valence-electron chi connectivity index (χ2n) is 4.93. The van der Waals surface area contributed by atoms with E-state index >= 15 is 0 Å². The first-order chi connectivity index (χ1) is 9.88. The second-order valence-corrected chi connectivity index (χ2v) is 4.93. The Kier molecular flexibility index (Phi) is 3.63. The highest BCUT2D eigenvalue weighted by atomic mass is 16.1. The average molecular weight is 267 g/mol. The van der Waals surface area contributed by atoms with Crippen molar-refractivity contribution in [2.45, 2.75) is 18.9 Å². The predicted octanol–water partition coefficient (Wildman–Crippen LogP) is 3.12. The molecule has 0 saturated carbocycles. The fourth-order valence-electron chi connectivity index (χ4n) is 2.70. The summed E-state index contributed by atoms with van der Waals surface area (Å²) in [7, 11) is 0. The first-order valence-corrected chi connectivity index (χ1v) is 6.86. The fourth-order valence-corrected chi connectivity index (χ4v) is 2.70. The Balaban J connectivity index is 1.90. The van der Waals surface area contributed by atoms with E-state index in [2.05, 4.69) is 10.3 Å². The average Bonchev–Trinajstić information content (AvgIpc) is 2.97. The Morgan fingerprint density at radius 1 is 1.20 bits per heavy atom. The molecule has 2 heterocycles. The SMILES string of the molecule is O=CN1CCCC1c1cccnc1Nc1ccccc1. The van der Waals surface area contributed by atoms with Gasteiger partial charge in [-0.1, -0.05) is 24.3 Å². The van der Waals surface area contributed by atoms with Crippen LogP contribution in [0.1, 0.15) is 24.4 Å². The molecule has 0 bridgehead atoms.